The molecule has 0 saturated heterocycles. The Morgan fingerprint density at radius 1 is 1.62 bits per heavy atom. The lowest BCUT2D eigenvalue weighted by Crippen LogP contribution is -2.12. The summed E-state index contributed by atoms with van der Waals surface area (Å²) >= 11 is 0. The van der Waals surface area contributed by atoms with Crippen LogP contribution in [0, 0.1) is 12.8 Å². The van der Waals surface area contributed by atoms with Gasteiger partial charge in [-0.25, -0.2) is 4.98 Å². The Hall–Kier alpha value is -1.84. The zero-order chi connectivity index (χ0) is 11.7. The van der Waals surface area contributed by atoms with Gasteiger partial charge >= 0.3 is 5.97 Å². The average Bonchev–Trinajstić information content (AvgIpc) is 2.63. The van der Waals surface area contributed by atoms with Crippen molar-refractivity contribution in [2.24, 2.45) is 5.92 Å². The monoisotopic (exact) mass is 218 g/mol. The van der Waals surface area contributed by atoms with Gasteiger partial charge in [0.15, 0.2) is 0 Å². The van der Waals surface area contributed by atoms with Crippen LogP contribution in [0.1, 0.15) is 18.2 Å². The van der Waals surface area contributed by atoms with E-state index in [2.05, 4.69) is 4.98 Å². The highest BCUT2D eigenvalue weighted by Gasteiger charge is 2.15. The van der Waals surface area contributed by atoms with E-state index in [0.717, 1.165) is 16.8 Å². The SMILES string of the molecule is Cc1cccn2cnc(CC(C)C(=O)O)c12. The Morgan fingerprint density at radius 2 is 2.38 bits per heavy atom. The number of nitrogens with zero attached hydrogens (tertiary/aromatic N) is 2. The number of aliphatic carboxylic acids is 1. The fourth-order valence-corrected chi connectivity index (χ4v) is 1.83. The van der Waals surface area contributed by atoms with E-state index in [-0.39, 0.29) is 0 Å². The van der Waals surface area contributed by atoms with Gasteiger partial charge in [0.25, 0.3) is 0 Å². The topological polar surface area (TPSA) is 54.6 Å². The number of imidazole rings is 1. The van der Waals surface area contributed by atoms with Gasteiger partial charge in [-0.15, -0.1) is 0 Å². The van der Waals surface area contributed by atoms with E-state index in [9.17, 15) is 4.79 Å². The summed E-state index contributed by atoms with van der Waals surface area (Å²) in [7, 11) is 0. The number of carbonyl (C=O) groups is 1. The summed E-state index contributed by atoms with van der Waals surface area (Å²) in [5.41, 5.74) is 3.00. The van der Waals surface area contributed by atoms with Crippen molar-refractivity contribution in [1.29, 1.82) is 0 Å². The van der Waals surface area contributed by atoms with Gasteiger partial charge in [0, 0.05) is 12.6 Å². The summed E-state index contributed by atoms with van der Waals surface area (Å²) in [5.74, 6) is -1.19. The normalized spacial score (nSPS) is 12.9. The molecule has 2 rings (SSSR count). The lowest BCUT2D eigenvalue weighted by Gasteiger charge is -2.05. The minimum Gasteiger partial charge on any atom is -0.481 e. The summed E-state index contributed by atoms with van der Waals surface area (Å²) in [6, 6.07) is 3.96. The number of aryl methyl sites for hydroxylation is 1. The second-order valence-corrected chi connectivity index (χ2v) is 4.08. The summed E-state index contributed by atoms with van der Waals surface area (Å²) in [5, 5.41) is 8.89. The van der Waals surface area contributed by atoms with Gasteiger partial charge in [-0.1, -0.05) is 13.0 Å². The van der Waals surface area contributed by atoms with Crippen LogP contribution in [-0.4, -0.2) is 20.5 Å². The summed E-state index contributed by atoms with van der Waals surface area (Å²) in [4.78, 5) is 15.1. The van der Waals surface area contributed by atoms with Crippen LogP contribution in [0.4, 0.5) is 0 Å². The smallest absolute Gasteiger partial charge is 0.306 e. The van der Waals surface area contributed by atoms with Gasteiger partial charge in [0.2, 0.25) is 0 Å². The molecule has 0 amide bonds. The van der Waals surface area contributed by atoms with Crippen LogP contribution < -0.4 is 0 Å². The largest absolute Gasteiger partial charge is 0.481 e. The maximum Gasteiger partial charge on any atom is 0.306 e. The van der Waals surface area contributed by atoms with E-state index in [1.165, 1.54) is 0 Å². The quantitative estimate of drug-likeness (QED) is 0.856. The highest BCUT2D eigenvalue weighted by atomic mass is 16.4. The molecule has 0 bridgehead atoms. The van der Waals surface area contributed by atoms with Gasteiger partial charge in [-0.2, -0.15) is 0 Å². The molecular formula is C12H14N2O2. The Morgan fingerprint density at radius 3 is 3.06 bits per heavy atom. The molecule has 0 aliphatic carbocycles. The first-order chi connectivity index (χ1) is 7.59. The van der Waals surface area contributed by atoms with Crippen molar-refractivity contribution in [2.75, 3.05) is 0 Å². The predicted molar refractivity (Wildman–Crippen MR) is 60.4 cm³/mol. The van der Waals surface area contributed by atoms with Crippen molar-refractivity contribution in [2.45, 2.75) is 20.3 Å². The number of aromatic nitrogens is 2. The molecule has 0 aliphatic rings. The van der Waals surface area contributed by atoms with E-state index in [4.69, 9.17) is 5.11 Å². The average molecular weight is 218 g/mol. The maximum absolute atomic E-state index is 10.8. The van der Waals surface area contributed by atoms with E-state index in [0.29, 0.717) is 6.42 Å². The Labute approximate surface area is 93.5 Å². The Balaban J connectivity index is 2.42. The van der Waals surface area contributed by atoms with Crippen LogP contribution in [0.2, 0.25) is 0 Å². The first-order valence-corrected chi connectivity index (χ1v) is 5.23. The van der Waals surface area contributed by atoms with E-state index < -0.39 is 11.9 Å². The van der Waals surface area contributed by atoms with Gasteiger partial charge in [0.05, 0.1) is 23.5 Å². The number of carboxylic acids is 1. The van der Waals surface area contributed by atoms with Crippen molar-refractivity contribution in [1.82, 2.24) is 9.38 Å². The first kappa shape index (κ1) is 10.7. The number of rotatable bonds is 3. The maximum atomic E-state index is 10.8. The molecule has 2 aromatic heterocycles. The predicted octanol–water partition coefficient (Wildman–Crippen LogP) is 1.91. The first-order valence-electron chi connectivity index (χ1n) is 5.23. The van der Waals surface area contributed by atoms with Crippen molar-refractivity contribution in [3.63, 3.8) is 0 Å². The third-order valence-corrected chi connectivity index (χ3v) is 2.76. The molecule has 2 heterocycles. The molecule has 1 atom stereocenters. The summed E-state index contributed by atoms with van der Waals surface area (Å²) < 4.78 is 1.93. The van der Waals surface area contributed by atoms with Crippen molar-refractivity contribution in [3.05, 3.63) is 35.9 Å². The molecule has 0 saturated carbocycles. The van der Waals surface area contributed by atoms with Crippen LogP contribution >= 0.6 is 0 Å². The summed E-state index contributed by atoms with van der Waals surface area (Å²) in [6.07, 6.45) is 4.12. The van der Waals surface area contributed by atoms with Crippen LogP contribution in [0.3, 0.4) is 0 Å². The fourth-order valence-electron chi connectivity index (χ4n) is 1.83. The Kier molecular flexibility index (Phi) is 2.64. The van der Waals surface area contributed by atoms with Gasteiger partial charge in [-0.3, -0.25) is 4.79 Å². The molecule has 0 spiro atoms. The lowest BCUT2D eigenvalue weighted by molar-refractivity contribution is -0.141. The van der Waals surface area contributed by atoms with Crippen molar-refractivity contribution >= 4 is 11.5 Å². The molecule has 4 nitrogen and oxygen atoms in total. The number of carboxylic acid groups (broad SMARTS) is 1. The summed E-state index contributed by atoms with van der Waals surface area (Å²) in [6.45, 7) is 3.71. The van der Waals surface area contributed by atoms with Crippen LogP contribution in [0.5, 0.6) is 0 Å². The third-order valence-electron chi connectivity index (χ3n) is 2.76. The van der Waals surface area contributed by atoms with Crippen LogP contribution in [-0.2, 0) is 11.2 Å². The number of pyridine rings is 1. The Bertz CT molecular complexity index is 531. The molecule has 16 heavy (non-hydrogen) atoms. The van der Waals surface area contributed by atoms with E-state index in [1.807, 2.05) is 29.7 Å². The van der Waals surface area contributed by atoms with Gasteiger partial charge in [0.1, 0.15) is 0 Å². The van der Waals surface area contributed by atoms with Crippen LogP contribution in [0.15, 0.2) is 24.7 Å². The third kappa shape index (κ3) is 1.78. The molecule has 0 aliphatic heterocycles. The highest BCUT2D eigenvalue weighted by Crippen LogP contribution is 2.17. The minimum absolute atomic E-state index is 0.404. The minimum atomic E-state index is -0.783. The van der Waals surface area contributed by atoms with Gasteiger partial charge in [-0.05, 0) is 18.6 Å². The molecule has 4 heteroatoms. The standard InChI is InChI=1S/C12H14N2O2/c1-8-4-3-5-14-7-13-10(11(8)14)6-9(2)12(15)16/h3-5,7,9H,6H2,1-2H3,(H,15,16). The molecule has 0 fully saturated rings. The molecule has 84 valence electrons. The second-order valence-electron chi connectivity index (χ2n) is 4.08. The van der Waals surface area contributed by atoms with Crippen molar-refractivity contribution in [3.8, 4) is 0 Å². The number of hydrogen-bond donors (Lipinski definition) is 1. The fraction of sp³-hybridized carbons (Fsp3) is 0.333. The molecule has 0 aromatic carbocycles. The zero-order valence-corrected chi connectivity index (χ0v) is 9.34. The molecule has 1 unspecified atom stereocenters. The molecule has 2 aromatic rings. The molecule has 0 radical (unpaired) electrons. The zero-order valence-electron chi connectivity index (χ0n) is 9.34. The number of hydrogen-bond acceptors (Lipinski definition) is 2. The number of fused-ring (bicyclic) bond motifs is 1. The van der Waals surface area contributed by atoms with Gasteiger partial charge < -0.3 is 9.51 Å². The van der Waals surface area contributed by atoms with Crippen LogP contribution in [0.25, 0.3) is 5.52 Å². The van der Waals surface area contributed by atoms with E-state index >= 15 is 0 Å². The molecular weight excluding hydrogens is 204 g/mol. The lowest BCUT2D eigenvalue weighted by atomic mass is 10.0. The van der Waals surface area contributed by atoms with E-state index in [1.54, 1.807) is 13.3 Å². The second kappa shape index (κ2) is 3.96. The highest BCUT2D eigenvalue weighted by molar-refractivity contribution is 5.70. The van der Waals surface area contributed by atoms with Crippen molar-refractivity contribution < 1.29 is 9.90 Å². The molecule has 1 N–H and O–H groups in total.